The van der Waals surface area contributed by atoms with Crippen molar-refractivity contribution in [1.82, 2.24) is 5.32 Å². The molecule has 0 heterocycles. The van der Waals surface area contributed by atoms with Crippen molar-refractivity contribution in [3.63, 3.8) is 0 Å². The fraction of sp³-hybridized carbons (Fsp3) is 0.250. The zero-order valence-corrected chi connectivity index (χ0v) is 11.8. The molecule has 1 atom stereocenters. The van der Waals surface area contributed by atoms with Crippen LogP contribution in [0.4, 0.5) is 5.69 Å². The van der Waals surface area contributed by atoms with E-state index in [4.69, 9.17) is 10.8 Å². The van der Waals surface area contributed by atoms with Crippen molar-refractivity contribution < 1.29 is 14.7 Å². The zero-order valence-electron chi connectivity index (χ0n) is 11.8. The van der Waals surface area contributed by atoms with E-state index in [-0.39, 0.29) is 18.4 Å². The van der Waals surface area contributed by atoms with Crippen molar-refractivity contribution in [1.29, 1.82) is 0 Å². The average molecular weight is 286 g/mol. The summed E-state index contributed by atoms with van der Waals surface area (Å²) >= 11 is 0. The van der Waals surface area contributed by atoms with E-state index in [1.807, 2.05) is 24.3 Å². The Labute approximate surface area is 122 Å². The molecule has 5 nitrogen and oxygen atoms in total. The molecule has 2 aromatic carbocycles. The van der Waals surface area contributed by atoms with Crippen molar-refractivity contribution in [2.75, 3.05) is 5.73 Å². The minimum atomic E-state index is -0.874. The molecule has 0 aliphatic heterocycles. The number of nitrogens with two attached hydrogens (primary N) is 1. The van der Waals surface area contributed by atoms with Gasteiger partial charge in [-0.2, -0.15) is 0 Å². The summed E-state index contributed by atoms with van der Waals surface area (Å²) in [7, 11) is 0. The lowest BCUT2D eigenvalue weighted by atomic mass is 10.0. The second kappa shape index (κ2) is 6.26. The van der Waals surface area contributed by atoms with Crippen molar-refractivity contribution in [2.45, 2.75) is 25.8 Å². The fourth-order valence-corrected chi connectivity index (χ4v) is 2.17. The number of nitrogen functional groups attached to an aromatic ring is 1. The highest BCUT2D eigenvalue weighted by Crippen LogP contribution is 2.22. The monoisotopic (exact) mass is 286 g/mol. The quantitative estimate of drug-likeness (QED) is 0.736. The van der Waals surface area contributed by atoms with Gasteiger partial charge in [0.25, 0.3) is 5.91 Å². The van der Waals surface area contributed by atoms with Crippen LogP contribution in [-0.2, 0) is 4.79 Å². The fourth-order valence-electron chi connectivity index (χ4n) is 2.17. The first kappa shape index (κ1) is 14.8. The summed E-state index contributed by atoms with van der Waals surface area (Å²) in [5, 5.41) is 13.3. The van der Waals surface area contributed by atoms with Gasteiger partial charge in [0.05, 0.1) is 5.56 Å². The third-order valence-electron chi connectivity index (χ3n) is 3.33. The van der Waals surface area contributed by atoms with Crippen LogP contribution in [0.25, 0.3) is 10.8 Å². The van der Waals surface area contributed by atoms with E-state index in [1.54, 1.807) is 19.1 Å². The van der Waals surface area contributed by atoms with Gasteiger partial charge >= 0.3 is 5.97 Å². The number of amides is 1. The van der Waals surface area contributed by atoms with E-state index in [0.29, 0.717) is 17.7 Å². The molecule has 0 saturated heterocycles. The molecule has 0 fully saturated rings. The van der Waals surface area contributed by atoms with Crippen molar-refractivity contribution >= 4 is 28.3 Å². The Kier molecular flexibility index (Phi) is 4.42. The first-order chi connectivity index (χ1) is 9.97. The second-order valence-electron chi connectivity index (χ2n) is 5.09. The van der Waals surface area contributed by atoms with Gasteiger partial charge in [-0.3, -0.25) is 9.59 Å². The van der Waals surface area contributed by atoms with Crippen molar-refractivity contribution in [3.05, 3.63) is 42.0 Å². The van der Waals surface area contributed by atoms with Crippen molar-refractivity contribution in [2.24, 2.45) is 0 Å². The molecule has 2 rings (SSSR count). The van der Waals surface area contributed by atoms with Crippen LogP contribution in [0.2, 0.25) is 0 Å². The van der Waals surface area contributed by atoms with Crippen molar-refractivity contribution in [3.8, 4) is 0 Å². The van der Waals surface area contributed by atoms with Crippen LogP contribution in [0.1, 0.15) is 30.1 Å². The number of anilines is 1. The number of nitrogens with one attached hydrogen (secondary N) is 1. The lowest BCUT2D eigenvalue weighted by Crippen LogP contribution is -2.33. The summed E-state index contributed by atoms with van der Waals surface area (Å²) in [5.41, 5.74) is 6.76. The van der Waals surface area contributed by atoms with Crippen LogP contribution in [0.3, 0.4) is 0 Å². The third kappa shape index (κ3) is 3.72. The van der Waals surface area contributed by atoms with Crippen LogP contribution in [0, 0.1) is 0 Å². The summed E-state index contributed by atoms with van der Waals surface area (Å²) in [6.45, 7) is 1.78. The van der Waals surface area contributed by atoms with Gasteiger partial charge in [-0.15, -0.1) is 0 Å². The molecular formula is C16H18N2O3. The number of rotatable bonds is 5. The Balaban J connectivity index is 2.15. The van der Waals surface area contributed by atoms with Gasteiger partial charge in [0.2, 0.25) is 0 Å². The molecule has 0 aliphatic rings. The molecule has 0 aromatic heterocycles. The molecule has 1 unspecified atom stereocenters. The van der Waals surface area contributed by atoms with Crippen LogP contribution in [-0.4, -0.2) is 23.0 Å². The van der Waals surface area contributed by atoms with Gasteiger partial charge in [-0.05, 0) is 36.2 Å². The summed E-state index contributed by atoms with van der Waals surface area (Å²) in [5.74, 6) is -1.16. The van der Waals surface area contributed by atoms with Crippen LogP contribution < -0.4 is 11.1 Å². The van der Waals surface area contributed by atoms with E-state index in [2.05, 4.69) is 5.32 Å². The Morgan fingerprint density at radius 3 is 2.48 bits per heavy atom. The molecular weight excluding hydrogens is 268 g/mol. The molecule has 21 heavy (non-hydrogen) atoms. The standard InChI is InChI=1S/C16H18N2O3/c1-10(6-7-15(19)20)18-16(21)13-8-11-4-2-3-5-12(11)9-14(13)17/h2-5,8-10H,6-7,17H2,1H3,(H,18,21)(H,19,20). The highest BCUT2D eigenvalue weighted by atomic mass is 16.4. The zero-order chi connectivity index (χ0) is 15.4. The average Bonchev–Trinajstić information content (AvgIpc) is 2.44. The predicted octanol–water partition coefficient (Wildman–Crippen LogP) is 2.41. The number of fused-ring (bicyclic) bond motifs is 1. The van der Waals surface area contributed by atoms with Gasteiger partial charge in [-0.25, -0.2) is 0 Å². The predicted molar refractivity (Wildman–Crippen MR) is 82.2 cm³/mol. The van der Waals surface area contributed by atoms with E-state index >= 15 is 0 Å². The van der Waals surface area contributed by atoms with E-state index in [9.17, 15) is 9.59 Å². The number of hydrogen-bond donors (Lipinski definition) is 3. The molecule has 4 N–H and O–H groups in total. The lowest BCUT2D eigenvalue weighted by Gasteiger charge is -2.14. The Morgan fingerprint density at radius 2 is 1.86 bits per heavy atom. The lowest BCUT2D eigenvalue weighted by molar-refractivity contribution is -0.137. The Hall–Kier alpha value is -2.56. The molecule has 0 radical (unpaired) electrons. The van der Waals surface area contributed by atoms with E-state index in [1.165, 1.54) is 0 Å². The highest BCUT2D eigenvalue weighted by Gasteiger charge is 2.14. The topological polar surface area (TPSA) is 92.4 Å². The maximum atomic E-state index is 12.2. The summed E-state index contributed by atoms with van der Waals surface area (Å²) < 4.78 is 0. The van der Waals surface area contributed by atoms with Gasteiger partial charge in [0, 0.05) is 18.2 Å². The van der Waals surface area contributed by atoms with Crippen LogP contribution in [0.15, 0.2) is 36.4 Å². The van der Waals surface area contributed by atoms with Crippen LogP contribution >= 0.6 is 0 Å². The van der Waals surface area contributed by atoms with Gasteiger partial charge in [0.15, 0.2) is 0 Å². The molecule has 110 valence electrons. The SMILES string of the molecule is CC(CCC(=O)O)NC(=O)c1cc2ccccc2cc1N. The largest absolute Gasteiger partial charge is 0.481 e. The number of aliphatic carboxylic acids is 1. The summed E-state index contributed by atoms with van der Waals surface area (Å²) in [4.78, 5) is 22.8. The van der Waals surface area contributed by atoms with Gasteiger partial charge in [0.1, 0.15) is 0 Å². The number of benzene rings is 2. The molecule has 0 spiro atoms. The molecule has 0 bridgehead atoms. The third-order valence-corrected chi connectivity index (χ3v) is 3.33. The summed E-state index contributed by atoms with van der Waals surface area (Å²) in [6, 6.07) is 11.0. The van der Waals surface area contributed by atoms with E-state index < -0.39 is 5.97 Å². The van der Waals surface area contributed by atoms with Crippen LogP contribution in [0.5, 0.6) is 0 Å². The molecule has 5 heteroatoms. The molecule has 2 aromatic rings. The Bertz CT molecular complexity index is 682. The maximum Gasteiger partial charge on any atom is 0.303 e. The highest BCUT2D eigenvalue weighted by molar-refractivity contribution is 6.04. The molecule has 0 saturated carbocycles. The normalized spacial score (nSPS) is 12.0. The van der Waals surface area contributed by atoms with Gasteiger partial charge in [-0.1, -0.05) is 24.3 Å². The molecule has 1 amide bonds. The maximum absolute atomic E-state index is 12.2. The number of carboxylic acids is 1. The number of carbonyl (C=O) groups is 2. The number of hydrogen-bond acceptors (Lipinski definition) is 3. The minimum Gasteiger partial charge on any atom is -0.481 e. The Morgan fingerprint density at radius 1 is 1.24 bits per heavy atom. The number of carbonyl (C=O) groups excluding carboxylic acids is 1. The summed E-state index contributed by atoms with van der Waals surface area (Å²) in [6.07, 6.45) is 0.406. The minimum absolute atomic E-state index is 0.0225. The first-order valence-corrected chi connectivity index (χ1v) is 6.78. The smallest absolute Gasteiger partial charge is 0.303 e. The van der Waals surface area contributed by atoms with Gasteiger partial charge < -0.3 is 16.2 Å². The second-order valence-corrected chi connectivity index (χ2v) is 5.09. The molecule has 0 aliphatic carbocycles. The van der Waals surface area contributed by atoms with E-state index in [0.717, 1.165) is 10.8 Å². The number of carboxylic acid groups (broad SMARTS) is 1. The first-order valence-electron chi connectivity index (χ1n) is 6.78.